The fourth-order valence-electron chi connectivity index (χ4n) is 1.78. The molecule has 22 heavy (non-hydrogen) atoms. The van der Waals surface area contributed by atoms with Crippen LogP contribution in [0.15, 0.2) is 47.6 Å². The smallest absolute Gasteiger partial charge is 0.190 e. The summed E-state index contributed by atoms with van der Waals surface area (Å²) in [6.45, 7) is 0.331. The second kappa shape index (κ2) is 7.69. The van der Waals surface area contributed by atoms with E-state index in [0.717, 1.165) is 5.56 Å². The molecule has 0 N–H and O–H groups in total. The molecule has 0 atom stereocenters. The molecule has 0 aliphatic rings. The maximum absolute atomic E-state index is 9.17. The van der Waals surface area contributed by atoms with Crippen LogP contribution in [0.5, 0.6) is 5.75 Å². The third-order valence-electron chi connectivity index (χ3n) is 2.79. The van der Waals surface area contributed by atoms with Crippen LogP contribution in [-0.2, 0) is 11.4 Å². The molecule has 0 bridgehead atoms. The first-order chi connectivity index (χ1) is 10.6. The van der Waals surface area contributed by atoms with Crippen molar-refractivity contribution in [3.63, 3.8) is 0 Å². The summed E-state index contributed by atoms with van der Waals surface area (Å²) in [4.78, 5) is 4.67. The topological polar surface area (TPSA) is 54.6 Å². The highest BCUT2D eigenvalue weighted by molar-refractivity contribution is 6.31. The van der Waals surface area contributed by atoms with Crippen LogP contribution in [0.4, 0.5) is 0 Å². The molecular weight excluding hydrogens is 323 g/mol. The average Bonchev–Trinajstić information content (AvgIpc) is 2.53. The Balaban J connectivity index is 2.25. The summed E-state index contributed by atoms with van der Waals surface area (Å²) in [6, 6.07) is 14.3. The second-order valence-corrected chi connectivity index (χ2v) is 5.16. The van der Waals surface area contributed by atoms with Crippen molar-refractivity contribution >= 4 is 28.9 Å². The lowest BCUT2D eigenvalue weighted by Gasteiger charge is -2.11. The Morgan fingerprint density at radius 2 is 1.82 bits per heavy atom. The van der Waals surface area contributed by atoms with E-state index in [4.69, 9.17) is 33.2 Å². The number of oxime groups is 1. The lowest BCUT2D eigenvalue weighted by molar-refractivity contribution is 0.214. The van der Waals surface area contributed by atoms with Crippen molar-refractivity contribution in [2.45, 2.75) is 6.61 Å². The van der Waals surface area contributed by atoms with Crippen molar-refractivity contribution in [2.75, 3.05) is 7.11 Å². The van der Waals surface area contributed by atoms with E-state index in [-0.39, 0.29) is 5.71 Å². The highest BCUT2D eigenvalue weighted by Gasteiger charge is 2.12. The number of hydrogen-bond acceptors (Lipinski definition) is 4. The zero-order valence-corrected chi connectivity index (χ0v) is 13.2. The average molecular weight is 335 g/mol. The van der Waals surface area contributed by atoms with E-state index in [0.29, 0.717) is 28.0 Å². The summed E-state index contributed by atoms with van der Waals surface area (Å²) < 4.78 is 5.76. The van der Waals surface area contributed by atoms with E-state index >= 15 is 0 Å². The minimum atomic E-state index is 0.0936. The summed E-state index contributed by atoms with van der Waals surface area (Å²) >= 11 is 11.8. The van der Waals surface area contributed by atoms with Crippen LogP contribution >= 0.6 is 23.2 Å². The van der Waals surface area contributed by atoms with Crippen molar-refractivity contribution in [3.05, 3.63) is 63.6 Å². The van der Waals surface area contributed by atoms with E-state index in [2.05, 4.69) is 9.99 Å². The predicted octanol–water partition coefficient (Wildman–Crippen LogP) is 4.45. The quantitative estimate of drug-likeness (QED) is 0.599. The maximum atomic E-state index is 9.17. The summed E-state index contributed by atoms with van der Waals surface area (Å²) in [6.07, 6.45) is 0. The number of ether oxygens (including phenoxy) is 1. The minimum absolute atomic E-state index is 0.0936. The van der Waals surface area contributed by atoms with Gasteiger partial charge < -0.3 is 9.57 Å². The van der Waals surface area contributed by atoms with Gasteiger partial charge in [0.1, 0.15) is 25.5 Å². The molecule has 0 aliphatic carbocycles. The summed E-state index contributed by atoms with van der Waals surface area (Å²) in [5.74, 6) is 0.497. The molecule has 0 heterocycles. The standard InChI is InChI=1S/C16H12Cl2N2O2/c1-21-20-15(9-19)14-8-13(18)6-7-16(14)22-10-11-2-4-12(17)5-3-11/h2-8H,10H2,1H3/b20-15-. The van der Waals surface area contributed by atoms with Crippen LogP contribution in [0.2, 0.25) is 10.0 Å². The van der Waals surface area contributed by atoms with E-state index in [9.17, 15) is 0 Å². The van der Waals surface area contributed by atoms with Crippen molar-refractivity contribution in [1.29, 1.82) is 5.26 Å². The summed E-state index contributed by atoms with van der Waals surface area (Å²) in [5.41, 5.74) is 1.52. The maximum Gasteiger partial charge on any atom is 0.190 e. The molecule has 0 saturated carbocycles. The molecule has 0 radical (unpaired) electrons. The van der Waals surface area contributed by atoms with Gasteiger partial charge in [0, 0.05) is 10.0 Å². The van der Waals surface area contributed by atoms with Gasteiger partial charge in [0.05, 0.1) is 5.56 Å². The monoisotopic (exact) mass is 334 g/mol. The molecule has 4 nitrogen and oxygen atoms in total. The minimum Gasteiger partial charge on any atom is -0.488 e. The fourth-order valence-corrected chi connectivity index (χ4v) is 2.07. The van der Waals surface area contributed by atoms with Crippen molar-refractivity contribution < 1.29 is 9.57 Å². The second-order valence-electron chi connectivity index (χ2n) is 4.29. The van der Waals surface area contributed by atoms with Gasteiger partial charge >= 0.3 is 0 Å². The molecule has 6 heteroatoms. The van der Waals surface area contributed by atoms with Crippen LogP contribution in [0, 0.1) is 11.3 Å². The normalized spacial score (nSPS) is 10.9. The SMILES string of the molecule is CO/N=C(/C#N)c1cc(Cl)ccc1OCc1ccc(Cl)cc1. The molecule has 2 aromatic carbocycles. The van der Waals surface area contributed by atoms with Crippen molar-refractivity contribution in [2.24, 2.45) is 5.16 Å². The largest absolute Gasteiger partial charge is 0.488 e. The highest BCUT2D eigenvalue weighted by atomic mass is 35.5. The third kappa shape index (κ3) is 4.14. The molecule has 0 aromatic heterocycles. The molecule has 2 aromatic rings. The van der Waals surface area contributed by atoms with Crippen LogP contribution in [0.3, 0.4) is 0 Å². The molecule has 2 rings (SSSR count). The van der Waals surface area contributed by atoms with Gasteiger partial charge in [-0.3, -0.25) is 0 Å². The molecule has 112 valence electrons. The van der Waals surface area contributed by atoms with Gasteiger partial charge in [-0.2, -0.15) is 5.26 Å². The predicted molar refractivity (Wildman–Crippen MR) is 86.4 cm³/mol. The van der Waals surface area contributed by atoms with Gasteiger partial charge in [0.2, 0.25) is 0 Å². The lowest BCUT2D eigenvalue weighted by atomic mass is 10.1. The van der Waals surface area contributed by atoms with Crippen LogP contribution in [-0.4, -0.2) is 12.8 Å². The highest BCUT2D eigenvalue weighted by Crippen LogP contribution is 2.25. The fraction of sp³-hybridized carbons (Fsp3) is 0.125. The Hall–Kier alpha value is -2.22. The van der Waals surface area contributed by atoms with Gasteiger partial charge in [-0.15, -0.1) is 0 Å². The van der Waals surface area contributed by atoms with Crippen molar-refractivity contribution in [1.82, 2.24) is 0 Å². The number of nitrogens with zero attached hydrogens (tertiary/aromatic N) is 2. The first-order valence-corrected chi connectivity index (χ1v) is 7.08. The molecule has 0 spiro atoms. The van der Waals surface area contributed by atoms with Gasteiger partial charge in [-0.25, -0.2) is 0 Å². The van der Waals surface area contributed by atoms with E-state index < -0.39 is 0 Å². The first kappa shape index (κ1) is 16.2. The number of nitriles is 1. The van der Waals surface area contributed by atoms with Crippen molar-refractivity contribution in [3.8, 4) is 11.8 Å². The van der Waals surface area contributed by atoms with E-state index in [1.807, 2.05) is 18.2 Å². The Labute approximate surface area is 138 Å². The molecule has 0 aliphatic heterocycles. The first-order valence-electron chi connectivity index (χ1n) is 6.32. The van der Waals surface area contributed by atoms with Gasteiger partial charge in [-0.1, -0.05) is 40.5 Å². The summed E-state index contributed by atoms with van der Waals surface area (Å²) in [5, 5.41) is 14.0. The van der Waals surface area contributed by atoms with Gasteiger partial charge in [0.15, 0.2) is 5.71 Å². The molecule has 0 amide bonds. The van der Waals surface area contributed by atoms with Crippen LogP contribution < -0.4 is 4.74 Å². The Kier molecular flexibility index (Phi) is 5.65. The molecule has 0 unspecified atom stereocenters. The van der Waals surface area contributed by atoms with Gasteiger partial charge in [0.25, 0.3) is 0 Å². The number of rotatable bonds is 5. The summed E-state index contributed by atoms with van der Waals surface area (Å²) in [7, 11) is 1.37. The third-order valence-corrected chi connectivity index (χ3v) is 3.28. The lowest BCUT2D eigenvalue weighted by Crippen LogP contribution is -2.04. The number of halogens is 2. The molecule has 0 fully saturated rings. The van der Waals surface area contributed by atoms with Gasteiger partial charge in [-0.05, 0) is 35.9 Å². The zero-order chi connectivity index (χ0) is 15.9. The Bertz CT molecular complexity index is 722. The number of hydrogen-bond donors (Lipinski definition) is 0. The van der Waals surface area contributed by atoms with E-state index in [1.54, 1.807) is 30.3 Å². The Morgan fingerprint density at radius 3 is 2.45 bits per heavy atom. The Morgan fingerprint density at radius 1 is 1.14 bits per heavy atom. The zero-order valence-electron chi connectivity index (χ0n) is 11.7. The molecular formula is C16H12Cl2N2O2. The molecule has 0 saturated heterocycles. The number of benzene rings is 2. The van der Waals surface area contributed by atoms with Crippen LogP contribution in [0.25, 0.3) is 0 Å². The van der Waals surface area contributed by atoms with E-state index in [1.165, 1.54) is 7.11 Å². The van der Waals surface area contributed by atoms with Crippen LogP contribution in [0.1, 0.15) is 11.1 Å².